The maximum Gasteiger partial charge on any atom is 0.411 e. The van der Waals surface area contributed by atoms with Crippen LogP contribution < -0.4 is 15.4 Å². The van der Waals surface area contributed by atoms with E-state index in [-0.39, 0.29) is 18.9 Å². The summed E-state index contributed by atoms with van der Waals surface area (Å²) in [5.41, 5.74) is 2.70. The summed E-state index contributed by atoms with van der Waals surface area (Å²) < 4.78 is 13.4. The van der Waals surface area contributed by atoms with Gasteiger partial charge in [0.25, 0.3) is 5.91 Å². The highest BCUT2D eigenvalue weighted by molar-refractivity contribution is 6.01. The molecule has 1 saturated heterocycles. The fraction of sp³-hybridized carbons (Fsp3) is 0.343. The third kappa shape index (κ3) is 8.26. The number of benzene rings is 2. The highest BCUT2D eigenvalue weighted by Gasteiger charge is 2.42. The van der Waals surface area contributed by atoms with E-state index in [2.05, 4.69) is 15.7 Å². The Labute approximate surface area is 272 Å². The van der Waals surface area contributed by atoms with Crippen molar-refractivity contribution in [2.45, 2.75) is 57.8 Å². The van der Waals surface area contributed by atoms with Crippen LogP contribution in [-0.4, -0.2) is 81.3 Å². The second-order valence-corrected chi connectivity index (χ2v) is 12.4. The average Bonchev–Trinajstić information content (AvgIpc) is 3.66. The van der Waals surface area contributed by atoms with E-state index in [4.69, 9.17) is 9.47 Å². The van der Waals surface area contributed by atoms with Crippen LogP contribution >= 0.6 is 0 Å². The number of hydrogen-bond donors (Lipinski definition) is 3. The lowest BCUT2D eigenvalue weighted by Crippen LogP contribution is -2.43. The smallest absolute Gasteiger partial charge is 0.411 e. The fourth-order valence-electron chi connectivity index (χ4n) is 5.48. The Hall–Kier alpha value is -5.39. The van der Waals surface area contributed by atoms with Crippen LogP contribution in [-0.2, 0) is 9.53 Å². The number of carbonyl (C=O) groups excluding carboxylic acids is 3. The van der Waals surface area contributed by atoms with Crippen LogP contribution in [0, 0.1) is 0 Å². The molecular weight excluding hydrogens is 602 g/mol. The van der Waals surface area contributed by atoms with Crippen molar-refractivity contribution in [1.29, 1.82) is 0 Å². The first-order valence-corrected chi connectivity index (χ1v) is 15.6. The monoisotopic (exact) mass is 641 g/mol. The first-order valence-electron chi connectivity index (χ1n) is 15.6. The molecule has 246 valence electrons. The molecule has 0 saturated carbocycles. The number of aldehydes is 1. The second-order valence-electron chi connectivity index (χ2n) is 12.4. The van der Waals surface area contributed by atoms with Crippen LogP contribution in [0.15, 0.2) is 72.9 Å². The number of carbonyl (C=O) groups is 4. The third-order valence-corrected chi connectivity index (χ3v) is 7.65. The molecule has 47 heavy (non-hydrogen) atoms. The van der Waals surface area contributed by atoms with Crippen LogP contribution in [0.25, 0.3) is 16.6 Å². The van der Waals surface area contributed by atoms with E-state index in [1.165, 1.54) is 4.90 Å². The van der Waals surface area contributed by atoms with Gasteiger partial charge in [0.1, 0.15) is 29.3 Å². The predicted octanol–water partition coefficient (Wildman–Crippen LogP) is 5.28. The molecule has 3 N–H and O–H groups in total. The molecule has 12 nitrogen and oxygen atoms in total. The van der Waals surface area contributed by atoms with Crippen molar-refractivity contribution in [3.05, 3.63) is 84.1 Å². The minimum absolute atomic E-state index is 0.101. The van der Waals surface area contributed by atoms with E-state index in [9.17, 15) is 24.3 Å². The van der Waals surface area contributed by atoms with Crippen molar-refractivity contribution in [1.82, 2.24) is 19.8 Å². The number of nitrogens with one attached hydrogen (secondary N) is 2. The van der Waals surface area contributed by atoms with Crippen LogP contribution in [0.4, 0.5) is 10.6 Å². The zero-order valence-electron chi connectivity index (χ0n) is 26.6. The topological polar surface area (TPSA) is 152 Å². The van der Waals surface area contributed by atoms with Gasteiger partial charge in [-0.3, -0.25) is 14.5 Å². The maximum atomic E-state index is 12.7. The van der Waals surface area contributed by atoms with Crippen LogP contribution in [0.5, 0.6) is 5.75 Å². The van der Waals surface area contributed by atoms with E-state index in [0.717, 1.165) is 29.5 Å². The Morgan fingerprint density at radius 3 is 2.57 bits per heavy atom. The van der Waals surface area contributed by atoms with Crippen molar-refractivity contribution in [2.24, 2.45) is 0 Å². The summed E-state index contributed by atoms with van der Waals surface area (Å²) in [6, 6.07) is 19.1. The number of ether oxygens (including phenoxy) is 2. The minimum atomic E-state index is -1.10. The highest BCUT2D eigenvalue weighted by atomic mass is 16.6. The van der Waals surface area contributed by atoms with Crippen molar-refractivity contribution in [2.75, 3.05) is 25.0 Å². The molecule has 4 aromatic rings. The standard InChI is InChI=1S/C35H39N5O7/c1-35(2,3)47-34(45)39-21-26(19-30(39)33(43)44)46-25-12-8-11-23(18-25)27-14-9-17-40-29(27)20-31(38-40)36-15-6-7-16-37-32(42)28-13-5-4-10-24(28)22-41/h4-5,8-14,17-18,20,22,26,30H,6-7,15-16,19,21H2,1-3H3,(H,36,38)(H,37,42)(H,43,44). The molecule has 12 heteroatoms. The van der Waals surface area contributed by atoms with Gasteiger partial charge >= 0.3 is 12.1 Å². The average molecular weight is 642 g/mol. The Morgan fingerprint density at radius 1 is 1.02 bits per heavy atom. The molecule has 3 heterocycles. The van der Waals surface area contributed by atoms with E-state index >= 15 is 0 Å². The number of hydrogen-bond acceptors (Lipinski definition) is 8. The Kier molecular flexibility index (Phi) is 10.1. The van der Waals surface area contributed by atoms with Crippen LogP contribution in [0.2, 0.25) is 0 Å². The molecule has 1 aliphatic heterocycles. The largest absolute Gasteiger partial charge is 0.488 e. The number of carboxylic acid groups (broad SMARTS) is 1. The number of carboxylic acids is 1. The Morgan fingerprint density at radius 2 is 1.81 bits per heavy atom. The molecule has 2 aromatic heterocycles. The third-order valence-electron chi connectivity index (χ3n) is 7.65. The molecule has 1 fully saturated rings. The summed E-state index contributed by atoms with van der Waals surface area (Å²) in [4.78, 5) is 49.4. The van der Waals surface area contributed by atoms with Crippen LogP contribution in [0.3, 0.4) is 0 Å². The van der Waals surface area contributed by atoms with Crippen molar-refractivity contribution >= 4 is 35.6 Å². The number of aliphatic carboxylic acids is 1. The van der Waals surface area contributed by atoms with Gasteiger partial charge in [-0.2, -0.15) is 5.10 Å². The first-order chi connectivity index (χ1) is 22.5. The number of amides is 2. The summed E-state index contributed by atoms with van der Waals surface area (Å²) in [6.45, 7) is 6.45. The van der Waals surface area contributed by atoms with Gasteiger partial charge in [-0.15, -0.1) is 0 Å². The number of rotatable bonds is 12. The quantitative estimate of drug-likeness (QED) is 0.139. The molecule has 2 atom stereocenters. The molecule has 2 aromatic carbocycles. The molecule has 2 amide bonds. The Bertz CT molecular complexity index is 1760. The highest BCUT2D eigenvalue weighted by Crippen LogP contribution is 2.31. The molecular formula is C35H39N5O7. The summed E-state index contributed by atoms with van der Waals surface area (Å²) >= 11 is 0. The van der Waals surface area contributed by atoms with Gasteiger partial charge in [-0.05, 0) is 63.4 Å². The van der Waals surface area contributed by atoms with E-state index < -0.39 is 29.8 Å². The van der Waals surface area contributed by atoms with E-state index in [1.54, 1.807) is 49.6 Å². The lowest BCUT2D eigenvalue weighted by molar-refractivity contribution is -0.142. The molecule has 0 spiro atoms. The normalized spacial score (nSPS) is 16.1. The van der Waals surface area contributed by atoms with Gasteiger partial charge in [0.2, 0.25) is 0 Å². The summed E-state index contributed by atoms with van der Waals surface area (Å²) in [5.74, 6) is -0.0963. The number of aromatic nitrogens is 2. The second kappa shape index (κ2) is 14.4. The molecule has 0 aliphatic carbocycles. The van der Waals surface area contributed by atoms with Gasteiger partial charge in [-0.1, -0.05) is 36.4 Å². The number of nitrogens with zero attached hydrogens (tertiary/aromatic N) is 3. The van der Waals surface area contributed by atoms with Gasteiger partial charge in [-0.25, -0.2) is 14.1 Å². The van der Waals surface area contributed by atoms with Gasteiger partial charge < -0.3 is 25.2 Å². The molecule has 0 radical (unpaired) electrons. The number of fused-ring (bicyclic) bond motifs is 1. The van der Waals surface area contributed by atoms with Crippen molar-refractivity contribution < 1.29 is 33.8 Å². The van der Waals surface area contributed by atoms with Gasteiger partial charge in [0.05, 0.1) is 12.1 Å². The summed E-state index contributed by atoms with van der Waals surface area (Å²) in [6.07, 6.45) is 3.05. The first kappa shape index (κ1) is 33.0. The SMILES string of the molecule is CC(C)(C)OC(=O)N1CC(Oc2cccc(-c3cccn4nc(NCCCCNC(=O)c5ccccc5C=O)cc34)c2)CC1C(=O)O. The lowest BCUT2D eigenvalue weighted by Gasteiger charge is -2.26. The molecule has 1 aliphatic rings. The van der Waals surface area contributed by atoms with Crippen molar-refractivity contribution in [3.8, 4) is 16.9 Å². The zero-order chi connectivity index (χ0) is 33.6. The van der Waals surface area contributed by atoms with Gasteiger partial charge in [0.15, 0.2) is 6.29 Å². The minimum Gasteiger partial charge on any atom is -0.488 e. The molecule has 5 rings (SSSR count). The maximum absolute atomic E-state index is 12.7. The fourth-order valence-corrected chi connectivity index (χ4v) is 5.48. The van der Waals surface area contributed by atoms with Crippen LogP contribution in [0.1, 0.15) is 60.7 Å². The predicted molar refractivity (Wildman–Crippen MR) is 176 cm³/mol. The zero-order valence-corrected chi connectivity index (χ0v) is 26.6. The lowest BCUT2D eigenvalue weighted by atomic mass is 10.1. The van der Waals surface area contributed by atoms with E-state index in [1.807, 2.05) is 48.7 Å². The van der Waals surface area contributed by atoms with Crippen molar-refractivity contribution in [3.63, 3.8) is 0 Å². The van der Waals surface area contributed by atoms with Gasteiger partial charge in [0, 0.05) is 48.5 Å². The number of pyridine rings is 1. The number of anilines is 1. The summed E-state index contributed by atoms with van der Waals surface area (Å²) in [5, 5.41) is 20.6. The molecule has 2 unspecified atom stereocenters. The Balaban J connectivity index is 1.18. The number of likely N-dealkylation sites (tertiary alicyclic amines) is 1. The molecule has 0 bridgehead atoms. The number of unbranched alkanes of at least 4 members (excludes halogenated alkanes) is 1. The summed E-state index contributed by atoms with van der Waals surface area (Å²) in [7, 11) is 0. The van der Waals surface area contributed by atoms with E-state index in [0.29, 0.717) is 42.1 Å².